The summed E-state index contributed by atoms with van der Waals surface area (Å²) < 4.78 is 30.7. The zero-order chi connectivity index (χ0) is 34.9. The monoisotopic (exact) mass is 679 g/mol. The zero-order valence-corrected chi connectivity index (χ0v) is 27.9. The summed E-state index contributed by atoms with van der Waals surface area (Å²) in [6.07, 6.45) is 9.40. The molecular formula is C38H39F2N7O3. The van der Waals surface area contributed by atoms with Gasteiger partial charge < -0.3 is 20.9 Å². The van der Waals surface area contributed by atoms with Crippen LogP contribution in [-0.2, 0) is 11.2 Å². The van der Waals surface area contributed by atoms with Crippen LogP contribution in [0.5, 0.6) is 0 Å². The van der Waals surface area contributed by atoms with Crippen LogP contribution in [-0.4, -0.2) is 49.7 Å². The molecule has 3 aliphatic rings. The van der Waals surface area contributed by atoms with Crippen LogP contribution in [0, 0.1) is 5.82 Å². The van der Waals surface area contributed by atoms with Gasteiger partial charge in [0.15, 0.2) is 5.65 Å². The minimum Gasteiger partial charge on any atom is -0.356 e. The minimum absolute atomic E-state index is 0.0139. The average Bonchev–Trinajstić information content (AvgIpc) is 3.53. The molecule has 4 aromatic rings. The van der Waals surface area contributed by atoms with Gasteiger partial charge in [-0.3, -0.25) is 14.2 Å². The Morgan fingerprint density at radius 1 is 1.00 bits per heavy atom. The summed E-state index contributed by atoms with van der Waals surface area (Å²) in [6.45, 7) is 5.12. The Bertz CT molecular complexity index is 2140. The van der Waals surface area contributed by atoms with Crippen molar-refractivity contribution in [3.63, 3.8) is 0 Å². The van der Waals surface area contributed by atoms with E-state index < -0.39 is 28.9 Å². The molecule has 1 fully saturated rings. The molecule has 0 radical (unpaired) electrons. The molecule has 2 aliphatic heterocycles. The molecule has 0 saturated heterocycles. The van der Waals surface area contributed by atoms with Gasteiger partial charge in [0, 0.05) is 30.5 Å². The van der Waals surface area contributed by atoms with E-state index in [1.54, 1.807) is 23.2 Å². The second kappa shape index (κ2) is 13.9. The zero-order valence-electron chi connectivity index (χ0n) is 27.9. The van der Waals surface area contributed by atoms with Crippen molar-refractivity contribution in [3.8, 4) is 16.8 Å². The average molecular weight is 680 g/mol. The fourth-order valence-corrected chi connectivity index (χ4v) is 6.93. The number of fused-ring (bicyclic) bond motifs is 2. The lowest BCUT2D eigenvalue weighted by Gasteiger charge is -2.30. The Balaban J connectivity index is 1.13. The largest absolute Gasteiger partial charge is 0.356 e. The Morgan fingerprint density at radius 2 is 1.78 bits per heavy atom. The lowest BCUT2D eigenvalue weighted by molar-refractivity contribution is -0.118. The van der Waals surface area contributed by atoms with Crippen molar-refractivity contribution in [2.75, 3.05) is 6.54 Å². The molecule has 7 rings (SSSR count). The second-order valence-corrected chi connectivity index (χ2v) is 13.4. The maximum absolute atomic E-state index is 14.5. The van der Waals surface area contributed by atoms with E-state index in [-0.39, 0.29) is 29.1 Å². The Labute approximate surface area is 287 Å². The topological polar surface area (TPSA) is 113 Å². The van der Waals surface area contributed by atoms with E-state index in [1.165, 1.54) is 27.0 Å². The summed E-state index contributed by atoms with van der Waals surface area (Å²) in [4.78, 5) is 46.9. The maximum Gasteiger partial charge on any atom is 0.337 e. The van der Waals surface area contributed by atoms with Crippen molar-refractivity contribution in [2.45, 2.75) is 70.2 Å². The molecule has 1 saturated carbocycles. The molecule has 4 heterocycles. The molecular weight excluding hydrogens is 640 g/mol. The molecule has 258 valence electrons. The van der Waals surface area contributed by atoms with E-state index in [2.05, 4.69) is 59.0 Å². The standard InChI is InChI=1S/C38H39F2N7O3/c1-23(2)41-17-16-24-6-8-25(9-7-24)26-4-3-5-31(18-26)46-35-32(19-28(40)20-42-35)37(49)47(38(46)50)30-13-11-29(12-14-30)43-36(48)33-22-45-21-27(39)10-15-34(45)44-33/h3-10,15,18-23,29-30,34,41,44H,11-14,16-17H2,1-2H3,(H,43,48). The van der Waals surface area contributed by atoms with Gasteiger partial charge in [-0.2, -0.15) is 0 Å². The highest BCUT2D eigenvalue weighted by Crippen LogP contribution is 2.29. The van der Waals surface area contributed by atoms with Crippen LogP contribution in [0.4, 0.5) is 8.78 Å². The van der Waals surface area contributed by atoms with Gasteiger partial charge in [0.05, 0.1) is 17.3 Å². The van der Waals surface area contributed by atoms with Crippen molar-refractivity contribution >= 4 is 16.9 Å². The summed E-state index contributed by atoms with van der Waals surface area (Å²) >= 11 is 0. The summed E-state index contributed by atoms with van der Waals surface area (Å²) in [5, 5.41) is 9.54. The van der Waals surface area contributed by atoms with Crippen molar-refractivity contribution in [2.24, 2.45) is 0 Å². The fraction of sp³-hybridized carbons (Fsp3) is 0.316. The smallest absolute Gasteiger partial charge is 0.337 e. The number of halogens is 2. The molecule has 1 unspecified atom stereocenters. The van der Waals surface area contributed by atoms with Crippen LogP contribution in [0.15, 0.2) is 106 Å². The number of nitrogens with zero attached hydrogens (tertiary/aromatic N) is 4. The number of allylic oxidation sites excluding steroid dienone is 2. The summed E-state index contributed by atoms with van der Waals surface area (Å²) in [7, 11) is 0. The van der Waals surface area contributed by atoms with Gasteiger partial charge in [-0.15, -0.1) is 0 Å². The van der Waals surface area contributed by atoms with E-state index in [0.717, 1.165) is 36.4 Å². The van der Waals surface area contributed by atoms with E-state index in [9.17, 15) is 23.2 Å². The molecule has 50 heavy (non-hydrogen) atoms. The highest BCUT2D eigenvalue weighted by molar-refractivity contribution is 5.93. The number of carbonyl (C=O) groups is 1. The molecule has 1 amide bonds. The van der Waals surface area contributed by atoms with Crippen LogP contribution in [0.2, 0.25) is 0 Å². The molecule has 1 aliphatic carbocycles. The van der Waals surface area contributed by atoms with Crippen LogP contribution < -0.4 is 27.2 Å². The number of nitrogens with one attached hydrogen (secondary N) is 3. The summed E-state index contributed by atoms with van der Waals surface area (Å²) in [5.74, 6) is -1.38. The number of carbonyl (C=O) groups excluding carboxylic acids is 1. The van der Waals surface area contributed by atoms with Crippen molar-refractivity contribution in [3.05, 3.63) is 129 Å². The van der Waals surface area contributed by atoms with Crippen LogP contribution in [0.25, 0.3) is 27.8 Å². The molecule has 0 bridgehead atoms. The second-order valence-electron chi connectivity index (χ2n) is 13.4. The third-order valence-corrected chi connectivity index (χ3v) is 9.50. The Kier molecular flexibility index (Phi) is 9.20. The van der Waals surface area contributed by atoms with E-state index in [1.807, 2.05) is 18.2 Å². The number of hydrogen-bond acceptors (Lipinski definition) is 7. The lowest BCUT2D eigenvalue weighted by atomic mass is 9.90. The van der Waals surface area contributed by atoms with Crippen LogP contribution >= 0.6 is 0 Å². The summed E-state index contributed by atoms with van der Waals surface area (Å²) in [5.41, 5.74) is 2.84. The van der Waals surface area contributed by atoms with Gasteiger partial charge in [-0.1, -0.05) is 50.2 Å². The van der Waals surface area contributed by atoms with Gasteiger partial charge in [0.1, 0.15) is 23.5 Å². The molecule has 12 heteroatoms. The van der Waals surface area contributed by atoms with Gasteiger partial charge in [0.25, 0.3) is 11.5 Å². The number of aromatic nitrogens is 3. The first-order valence-corrected chi connectivity index (χ1v) is 17.0. The predicted molar refractivity (Wildman–Crippen MR) is 188 cm³/mol. The molecule has 2 aromatic carbocycles. The first-order chi connectivity index (χ1) is 24.1. The Morgan fingerprint density at radius 3 is 2.54 bits per heavy atom. The third kappa shape index (κ3) is 6.75. The number of rotatable bonds is 9. The normalized spacial score (nSPS) is 20.0. The van der Waals surface area contributed by atoms with Crippen LogP contribution in [0.3, 0.4) is 0 Å². The minimum atomic E-state index is -0.671. The predicted octanol–water partition coefficient (Wildman–Crippen LogP) is 4.95. The van der Waals surface area contributed by atoms with Gasteiger partial charge in [-0.05, 0) is 85.7 Å². The van der Waals surface area contributed by atoms with Crippen molar-refractivity contribution in [1.82, 2.24) is 35.0 Å². The Hall–Kier alpha value is -5.36. The molecule has 3 N–H and O–H groups in total. The summed E-state index contributed by atoms with van der Waals surface area (Å²) in [6, 6.07) is 16.7. The van der Waals surface area contributed by atoms with Gasteiger partial charge in [-0.25, -0.2) is 23.1 Å². The van der Waals surface area contributed by atoms with Gasteiger partial charge in [0.2, 0.25) is 0 Å². The van der Waals surface area contributed by atoms with E-state index in [4.69, 9.17) is 0 Å². The molecule has 2 aromatic heterocycles. The van der Waals surface area contributed by atoms with Crippen LogP contribution in [0.1, 0.15) is 51.1 Å². The third-order valence-electron chi connectivity index (χ3n) is 9.50. The molecule has 10 nitrogen and oxygen atoms in total. The SMILES string of the molecule is CC(C)NCCc1ccc(-c2cccc(-n3c(=O)n(C4CCC(NC(=O)C5=CN6C=C(F)C=CC6N5)CC4)c(=O)c4cc(F)cnc43)c2)cc1. The quantitative estimate of drug-likeness (QED) is 0.230. The molecule has 0 spiro atoms. The lowest BCUT2D eigenvalue weighted by Crippen LogP contribution is -2.46. The first kappa shape index (κ1) is 33.2. The van der Waals surface area contributed by atoms with Crippen molar-refractivity contribution < 1.29 is 13.6 Å². The van der Waals surface area contributed by atoms with E-state index in [0.29, 0.717) is 43.1 Å². The molecule has 1 atom stereocenters. The van der Waals surface area contributed by atoms with Crippen molar-refractivity contribution in [1.29, 1.82) is 0 Å². The van der Waals surface area contributed by atoms with Gasteiger partial charge >= 0.3 is 5.69 Å². The number of hydrogen-bond donors (Lipinski definition) is 3. The first-order valence-electron chi connectivity index (χ1n) is 17.0. The maximum atomic E-state index is 14.5. The number of benzene rings is 2. The fourth-order valence-electron chi connectivity index (χ4n) is 6.93. The highest BCUT2D eigenvalue weighted by Gasteiger charge is 2.31. The number of amides is 1. The highest BCUT2D eigenvalue weighted by atomic mass is 19.1. The van der Waals surface area contributed by atoms with E-state index >= 15 is 0 Å². The number of pyridine rings is 1.